The highest BCUT2D eigenvalue weighted by Crippen LogP contribution is 2.31. The van der Waals surface area contributed by atoms with Crippen molar-refractivity contribution in [2.24, 2.45) is 5.92 Å². The van der Waals surface area contributed by atoms with Crippen molar-refractivity contribution in [3.8, 4) is 11.8 Å². The maximum absolute atomic E-state index is 9.27. The zero-order valence-electron chi connectivity index (χ0n) is 10.8. The summed E-state index contributed by atoms with van der Waals surface area (Å²) in [5, 5.41) is 9.27. The second-order valence-electron chi connectivity index (χ2n) is 4.64. The number of hydrogen-bond acceptors (Lipinski definition) is 3. The fourth-order valence-corrected chi connectivity index (χ4v) is 3.18. The smallest absolute Gasteiger partial charge is 0.138 e. The van der Waals surface area contributed by atoms with Gasteiger partial charge in [-0.05, 0) is 36.6 Å². The lowest BCUT2D eigenvalue weighted by molar-refractivity contribution is 0.251. The third-order valence-electron chi connectivity index (χ3n) is 3.35. The highest BCUT2D eigenvalue weighted by Gasteiger charge is 2.17. The van der Waals surface area contributed by atoms with Crippen LogP contribution in [0.3, 0.4) is 0 Å². The van der Waals surface area contributed by atoms with Crippen LogP contribution in [0.4, 0.5) is 0 Å². The van der Waals surface area contributed by atoms with E-state index in [9.17, 15) is 5.26 Å². The van der Waals surface area contributed by atoms with Crippen molar-refractivity contribution >= 4 is 11.8 Å². The van der Waals surface area contributed by atoms with Crippen molar-refractivity contribution in [1.29, 1.82) is 5.26 Å². The molecule has 1 fully saturated rings. The molecular weight excluding hydrogens is 242 g/mol. The zero-order chi connectivity index (χ0) is 12.8. The minimum absolute atomic E-state index is 0.680. The van der Waals surface area contributed by atoms with E-state index in [1.807, 2.05) is 18.2 Å². The molecular formula is C15H19NOS. The summed E-state index contributed by atoms with van der Waals surface area (Å²) in [4.78, 5) is 1.03. The van der Waals surface area contributed by atoms with Crippen molar-refractivity contribution < 1.29 is 4.74 Å². The molecule has 1 aliphatic rings. The molecule has 0 saturated heterocycles. The van der Waals surface area contributed by atoms with Crippen LogP contribution in [0.25, 0.3) is 0 Å². The van der Waals surface area contributed by atoms with Crippen molar-refractivity contribution in [3.63, 3.8) is 0 Å². The van der Waals surface area contributed by atoms with Crippen LogP contribution in [0, 0.1) is 17.2 Å². The summed E-state index contributed by atoms with van der Waals surface area (Å²) >= 11 is 1.70. The monoisotopic (exact) mass is 261 g/mol. The van der Waals surface area contributed by atoms with Gasteiger partial charge in [-0.2, -0.15) is 5.26 Å². The summed E-state index contributed by atoms with van der Waals surface area (Å²) in [6, 6.07) is 8.16. The van der Waals surface area contributed by atoms with Gasteiger partial charge >= 0.3 is 0 Å². The van der Waals surface area contributed by atoms with Gasteiger partial charge in [0.15, 0.2) is 0 Å². The first-order valence-corrected chi connectivity index (χ1v) is 7.62. The fourth-order valence-electron chi connectivity index (χ4n) is 2.40. The molecule has 0 radical (unpaired) electrons. The average molecular weight is 261 g/mol. The molecule has 0 aliphatic heterocycles. The normalized spacial score (nSPS) is 15.6. The Bertz CT molecular complexity index is 433. The van der Waals surface area contributed by atoms with Gasteiger partial charge in [-0.3, -0.25) is 0 Å². The number of rotatable bonds is 5. The first-order valence-electron chi connectivity index (χ1n) is 6.64. The molecule has 1 aliphatic carbocycles. The standard InChI is InChI=1S/C15H19NOS/c1-2-18-15-9-5-8-14(13(15)10-16)17-11-12-6-3-4-7-12/h5,8-9,12H,2-4,6-7,11H2,1H3. The largest absolute Gasteiger partial charge is 0.492 e. The Hall–Kier alpha value is -1.14. The molecule has 1 aromatic carbocycles. The maximum Gasteiger partial charge on any atom is 0.138 e. The molecule has 18 heavy (non-hydrogen) atoms. The van der Waals surface area contributed by atoms with Crippen LogP contribution >= 0.6 is 11.8 Å². The van der Waals surface area contributed by atoms with E-state index in [0.29, 0.717) is 11.5 Å². The lowest BCUT2D eigenvalue weighted by Gasteiger charge is -2.13. The predicted molar refractivity (Wildman–Crippen MR) is 75.0 cm³/mol. The van der Waals surface area contributed by atoms with E-state index in [1.165, 1.54) is 25.7 Å². The van der Waals surface area contributed by atoms with Crippen molar-refractivity contribution in [3.05, 3.63) is 23.8 Å². The molecule has 0 heterocycles. The number of nitriles is 1. The summed E-state index contributed by atoms with van der Waals surface area (Å²) in [6.07, 6.45) is 5.19. The zero-order valence-corrected chi connectivity index (χ0v) is 11.6. The SMILES string of the molecule is CCSc1cccc(OCC2CCCC2)c1C#N. The molecule has 0 aromatic heterocycles. The molecule has 0 atom stereocenters. The second kappa shape index (κ2) is 6.70. The lowest BCUT2D eigenvalue weighted by Crippen LogP contribution is -2.09. The molecule has 0 amide bonds. The Morgan fingerprint density at radius 1 is 1.39 bits per heavy atom. The van der Waals surface area contributed by atoms with Crippen LogP contribution in [0.5, 0.6) is 5.75 Å². The summed E-state index contributed by atoms with van der Waals surface area (Å²) in [5.74, 6) is 2.41. The summed E-state index contributed by atoms with van der Waals surface area (Å²) < 4.78 is 5.86. The van der Waals surface area contributed by atoms with Crippen molar-refractivity contribution in [2.75, 3.05) is 12.4 Å². The summed E-state index contributed by atoms with van der Waals surface area (Å²) in [5.41, 5.74) is 0.697. The fraction of sp³-hybridized carbons (Fsp3) is 0.533. The van der Waals surface area contributed by atoms with Crippen LogP contribution in [-0.2, 0) is 0 Å². The molecule has 0 spiro atoms. The van der Waals surface area contributed by atoms with E-state index in [0.717, 1.165) is 23.0 Å². The van der Waals surface area contributed by atoms with E-state index >= 15 is 0 Å². The molecule has 0 unspecified atom stereocenters. The van der Waals surface area contributed by atoms with Crippen LogP contribution in [-0.4, -0.2) is 12.4 Å². The van der Waals surface area contributed by atoms with Gasteiger partial charge in [-0.1, -0.05) is 25.8 Å². The van der Waals surface area contributed by atoms with Crippen LogP contribution in [0.2, 0.25) is 0 Å². The van der Waals surface area contributed by atoms with Crippen LogP contribution in [0.1, 0.15) is 38.2 Å². The van der Waals surface area contributed by atoms with Crippen molar-refractivity contribution in [2.45, 2.75) is 37.5 Å². The molecule has 0 N–H and O–H groups in total. The van der Waals surface area contributed by atoms with Gasteiger partial charge in [0.1, 0.15) is 17.4 Å². The predicted octanol–water partition coefficient (Wildman–Crippen LogP) is 4.24. The van der Waals surface area contributed by atoms with Gasteiger partial charge in [0.05, 0.1) is 6.61 Å². The second-order valence-corrected chi connectivity index (χ2v) is 5.94. The van der Waals surface area contributed by atoms with E-state index in [4.69, 9.17) is 4.74 Å². The lowest BCUT2D eigenvalue weighted by atomic mass is 10.1. The van der Waals surface area contributed by atoms with E-state index in [-0.39, 0.29) is 0 Å². The molecule has 2 rings (SSSR count). The van der Waals surface area contributed by atoms with E-state index < -0.39 is 0 Å². The number of ether oxygens (including phenoxy) is 1. The average Bonchev–Trinajstić information content (AvgIpc) is 2.90. The topological polar surface area (TPSA) is 33.0 Å². The summed E-state index contributed by atoms with van der Waals surface area (Å²) in [6.45, 7) is 2.85. The highest BCUT2D eigenvalue weighted by molar-refractivity contribution is 7.99. The Morgan fingerprint density at radius 3 is 2.83 bits per heavy atom. The molecule has 2 nitrogen and oxygen atoms in total. The Kier molecular flexibility index (Phi) is 4.95. The van der Waals surface area contributed by atoms with Crippen molar-refractivity contribution in [1.82, 2.24) is 0 Å². The molecule has 1 saturated carbocycles. The van der Waals surface area contributed by atoms with Crippen LogP contribution < -0.4 is 4.74 Å². The van der Waals surface area contributed by atoms with E-state index in [2.05, 4.69) is 13.0 Å². The molecule has 96 valence electrons. The van der Waals surface area contributed by atoms with E-state index in [1.54, 1.807) is 11.8 Å². The number of benzene rings is 1. The first kappa shape index (κ1) is 13.3. The number of hydrogen-bond donors (Lipinski definition) is 0. The Morgan fingerprint density at radius 2 is 2.17 bits per heavy atom. The van der Waals surface area contributed by atoms with Gasteiger partial charge in [-0.25, -0.2) is 0 Å². The van der Waals surface area contributed by atoms with Crippen LogP contribution in [0.15, 0.2) is 23.1 Å². The summed E-state index contributed by atoms with van der Waals surface area (Å²) in [7, 11) is 0. The minimum atomic E-state index is 0.680. The van der Waals surface area contributed by atoms with Gasteiger partial charge in [0, 0.05) is 4.90 Å². The third kappa shape index (κ3) is 3.20. The Balaban J connectivity index is 2.06. The highest BCUT2D eigenvalue weighted by atomic mass is 32.2. The number of thioether (sulfide) groups is 1. The first-order chi connectivity index (χ1) is 8.85. The van der Waals surface area contributed by atoms with Gasteiger partial charge < -0.3 is 4.74 Å². The Labute approximate surface area is 113 Å². The van der Waals surface area contributed by atoms with Gasteiger partial charge in [0.25, 0.3) is 0 Å². The quantitative estimate of drug-likeness (QED) is 0.743. The molecule has 3 heteroatoms. The van der Waals surface area contributed by atoms with Gasteiger partial charge in [-0.15, -0.1) is 11.8 Å². The third-order valence-corrected chi connectivity index (χ3v) is 4.29. The maximum atomic E-state index is 9.27. The molecule has 1 aromatic rings. The number of nitrogens with zero attached hydrogens (tertiary/aromatic N) is 1. The minimum Gasteiger partial charge on any atom is -0.492 e. The van der Waals surface area contributed by atoms with Gasteiger partial charge in [0.2, 0.25) is 0 Å². The molecule has 0 bridgehead atoms.